The van der Waals surface area contributed by atoms with Crippen molar-refractivity contribution < 1.29 is 4.79 Å². The first-order valence-corrected chi connectivity index (χ1v) is 6.34. The third-order valence-electron chi connectivity index (χ3n) is 3.08. The van der Waals surface area contributed by atoms with E-state index in [-0.39, 0.29) is 0 Å². The van der Waals surface area contributed by atoms with E-state index < -0.39 is 0 Å². The molecule has 3 nitrogen and oxygen atoms in total. The third kappa shape index (κ3) is 3.22. The van der Waals surface area contributed by atoms with Crippen LogP contribution in [0.5, 0.6) is 0 Å². The molecule has 0 atom stereocenters. The van der Waals surface area contributed by atoms with Crippen LogP contribution in [0, 0.1) is 5.92 Å². The Morgan fingerprint density at radius 2 is 2.00 bits per heavy atom. The molecule has 0 aliphatic heterocycles. The van der Waals surface area contributed by atoms with Gasteiger partial charge in [0.15, 0.2) is 0 Å². The highest BCUT2D eigenvalue weighted by Crippen LogP contribution is 2.31. The number of benzene rings is 1. The largest absolute Gasteiger partial charge is 0.399 e. The fourth-order valence-electron chi connectivity index (χ4n) is 1.97. The molecule has 1 aliphatic rings. The van der Waals surface area contributed by atoms with Crippen LogP contribution in [0.15, 0.2) is 24.3 Å². The van der Waals surface area contributed by atoms with Crippen LogP contribution < -0.4 is 5.73 Å². The van der Waals surface area contributed by atoms with Crippen molar-refractivity contribution in [2.24, 2.45) is 5.92 Å². The maximum Gasteiger partial charge on any atom is 0.225 e. The van der Waals surface area contributed by atoms with Crippen LogP contribution in [-0.4, -0.2) is 17.4 Å². The van der Waals surface area contributed by atoms with Crippen LogP contribution in [0.1, 0.15) is 31.7 Å². The van der Waals surface area contributed by atoms with E-state index in [0.717, 1.165) is 37.1 Å². The van der Waals surface area contributed by atoms with E-state index in [1.807, 2.05) is 29.2 Å². The Kier molecular flexibility index (Phi) is 3.67. The summed E-state index contributed by atoms with van der Waals surface area (Å²) in [6.07, 6.45) is 3.15. The Labute approximate surface area is 103 Å². The molecule has 1 fully saturated rings. The summed E-state index contributed by atoms with van der Waals surface area (Å²) in [4.78, 5) is 14.0. The van der Waals surface area contributed by atoms with Gasteiger partial charge in [-0.15, -0.1) is 0 Å². The number of amides is 1. The van der Waals surface area contributed by atoms with E-state index in [9.17, 15) is 4.79 Å². The lowest BCUT2D eigenvalue weighted by molar-refractivity contribution is -0.133. The lowest BCUT2D eigenvalue weighted by atomic mass is 10.2. The molecule has 0 unspecified atom stereocenters. The van der Waals surface area contributed by atoms with Crippen molar-refractivity contribution in [3.8, 4) is 0 Å². The summed E-state index contributed by atoms with van der Waals surface area (Å²) in [6.45, 7) is 3.67. The van der Waals surface area contributed by atoms with E-state index >= 15 is 0 Å². The topological polar surface area (TPSA) is 46.3 Å². The fourth-order valence-corrected chi connectivity index (χ4v) is 1.97. The lowest BCUT2D eigenvalue weighted by Gasteiger charge is -2.22. The summed E-state index contributed by atoms with van der Waals surface area (Å²) in [5, 5.41) is 0. The van der Waals surface area contributed by atoms with Crippen molar-refractivity contribution in [3.63, 3.8) is 0 Å². The molecule has 0 radical (unpaired) electrons. The average Bonchev–Trinajstić information content (AvgIpc) is 3.14. The standard InChI is InChI=1S/C14H20N2O/c1-2-9-16(14(17)12-5-6-12)10-11-3-7-13(15)8-4-11/h3-4,7-8,12H,2,5-6,9-10,15H2,1H3. The lowest BCUT2D eigenvalue weighted by Crippen LogP contribution is -2.32. The minimum atomic E-state index is 0.301. The molecule has 0 spiro atoms. The van der Waals surface area contributed by atoms with Gasteiger partial charge in [-0.25, -0.2) is 0 Å². The summed E-state index contributed by atoms with van der Waals surface area (Å²) in [6, 6.07) is 7.78. The smallest absolute Gasteiger partial charge is 0.225 e. The molecule has 3 heteroatoms. The normalized spacial score (nSPS) is 14.6. The quantitative estimate of drug-likeness (QED) is 0.792. The summed E-state index contributed by atoms with van der Waals surface area (Å²) in [5.74, 6) is 0.624. The predicted octanol–water partition coefficient (Wildman–Crippen LogP) is 2.42. The van der Waals surface area contributed by atoms with Crippen LogP contribution >= 0.6 is 0 Å². The SMILES string of the molecule is CCCN(Cc1ccc(N)cc1)C(=O)C1CC1. The minimum Gasteiger partial charge on any atom is -0.399 e. The highest BCUT2D eigenvalue weighted by molar-refractivity contribution is 5.81. The first kappa shape index (κ1) is 12.0. The zero-order valence-corrected chi connectivity index (χ0v) is 10.4. The molecule has 92 valence electrons. The second kappa shape index (κ2) is 5.21. The number of carbonyl (C=O) groups is 1. The average molecular weight is 232 g/mol. The first-order chi connectivity index (χ1) is 8.20. The molecule has 2 N–H and O–H groups in total. The molecule has 1 aromatic carbocycles. The van der Waals surface area contributed by atoms with Gasteiger partial charge >= 0.3 is 0 Å². The molecular weight excluding hydrogens is 212 g/mol. The Bertz CT molecular complexity index is 382. The molecule has 1 saturated carbocycles. The molecule has 1 amide bonds. The van der Waals surface area contributed by atoms with Gasteiger partial charge in [0.05, 0.1) is 0 Å². The highest BCUT2D eigenvalue weighted by atomic mass is 16.2. The van der Waals surface area contributed by atoms with E-state index in [2.05, 4.69) is 6.92 Å². The molecule has 0 bridgehead atoms. The maximum atomic E-state index is 12.1. The second-order valence-corrected chi connectivity index (χ2v) is 4.78. The van der Waals surface area contributed by atoms with Gasteiger partial charge in [0.25, 0.3) is 0 Å². The Hall–Kier alpha value is -1.51. The zero-order chi connectivity index (χ0) is 12.3. The van der Waals surface area contributed by atoms with E-state index in [0.29, 0.717) is 18.4 Å². The maximum absolute atomic E-state index is 12.1. The van der Waals surface area contributed by atoms with E-state index in [1.54, 1.807) is 0 Å². The second-order valence-electron chi connectivity index (χ2n) is 4.78. The number of nitrogens with two attached hydrogens (primary N) is 1. The Morgan fingerprint density at radius 3 is 2.53 bits per heavy atom. The van der Waals surface area contributed by atoms with Gasteiger partial charge in [-0.1, -0.05) is 19.1 Å². The molecule has 1 aliphatic carbocycles. The summed E-state index contributed by atoms with van der Waals surface area (Å²) in [5.41, 5.74) is 7.58. The number of hydrogen-bond acceptors (Lipinski definition) is 2. The van der Waals surface area contributed by atoms with Crippen LogP contribution in [-0.2, 0) is 11.3 Å². The van der Waals surface area contributed by atoms with E-state index in [4.69, 9.17) is 5.73 Å². The predicted molar refractivity (Wildman–Crippen MR) is 69.3 cm³/mol. The summed E-state index contributed by atoms with van der Waals surface area (Å²) >= 11 is 0. The van der Waals surface area contributed by atoms with Crippen LogP contribution in [0.3, 0.4) is 0 Å². The van der Waals surface area contributed by atoms with Gasteiger partial charge in [0, 0.05) is 24.7 Å². The number of nitrogens with zero attached hydrogens (tertiary/aromatic N) is 1. The van der Waals surface area contributed by atoms with Gasteiger partial charge in [-0.2, -0.15) is 0 Å². The minimum absolute atomic E-state index is 0.301. The molecule has 0 heterocycles. The Balaban J connectivity index is 2.01. The van der Waals surface area contributed by atoms with Crippen molar-refractivity contribution in [2.45, 2.75) is 32.7 Å². The number of hydrogen-bond donors (Lipinski definition) is 1. The van der Waals surface area contributed by atoms with Crippen LogP contribution in [0.4, 0.5) is 5.69 Å². The van der Waals surface area contributed by atoms with Crippen LogP contribution in [0.25, 0.3) is 0 Å². The fraction of sp³-hybridized carbons (Fsp3) is 0.500. The zero-order valence-electron chi connectivity index (χ0n) is 10.4. The molecule has 0 saturated heterocycles. The van der Waals surface area contributed by atoms with E-state index in [1.165, 1.54) is 0 Å². The van der Waals surface area contributed by atoms with Crippen molar-refractivity contribution in [1.82, 2.24) is 4.90 Å². The first-order valence-electron chi connectivity index (χ1n) is 6.34. The van der Waals surface area contributed by atoms with Gasteiger partial charge < -0.3 is 10.6 Å². The van der Waals surface area contributed by atoms with Crippen molar-refractivity contribution in [2.75, 3.05) is 12.3 Å². The van der Waals surface area contributed by atoms with Crippen LogP contribution in [0.2, 0.25) is 0 Å². The third-order valence-corrected chi connectivity index (χ3v) is 3.08. The number of nitrogen functional groups attached to an aromatic ring is 1. The molecule has 1 aromatic rings. The molecule has 0 aromatic heterocycles. The number of anilines is 1. The van der Waals surface area contributed by atoms with Crippen molar-refractivity contribution in [3.05, 3.63) is 29.8 Å². The summed E-state index contributed by atoms with van der Waals surface area (Å²) < 4.78 is 0. The van der Waals surface area contributed by atoms with Gasteiger partial charge in [0.2, 0.25) is 5.91 Å². The van der Waals surface area contributed by atoms with Crippen molar-refractivity contribution in [1.29, 1.82) is 0 Å². The monoisotopic (exact) mass is 232 g/mol. The number of rotatable bonds is 5. The van der Waals surface area contributed by atoms with Gasteiger partial charge in [-0.05, 0) is 37.0 Å². The van der Waals surface area contributed by atoms with Gasteiger partial charge in [-0.3, -0.25) is 4.79 Å². The number of carbonyl (C=O) groups excluding carboxylic acids is 1. The summed E-state index contributed by atoms with van der Waals surface area (Å²) in [7, 11) is 0. The van der Waals surface area contributed by atoms with Crippen molar-refractivity contribution >= 4 is 11.6 Å². The molecule has 2 rings (SSSR count). The van der Waals surface area contributed by atoms with Gasteiger partial charge in [0.1, 0.15) is 0 Å². The highest BCUT2D eigenvalue weighted by Gasteiger charge is 2.32. The Morgan fingerprint density at radius 1 is 1.35 bits per heavy atom. The molecule has 17 heavy (non-hydrogen) atoms. The molecular formula is C14H20N2O.